The molecular formula is C19H25N3. The maximum Gasteiger partial charge on any atom is 0.0452 e. The van der Waals surface area contributed by atoms with E-state index in [-0.39, 0.29) is 0 Å². The molecule has 2 aromatic rings. The van der Waals surface area contributed by atoms with Crippen LogP contribution in [0.4, 0.5) is 5.69 Å². The van der Waals surface area contributed by atoms with E-state index in [2.05, 4.69) is 53.3 Å². The SMILES string of the molecule is CN(C)[C@H]1CC[C@H](N2CCc3cncc4cccc2c34)CC1. The molecule has 0 saturated heterocycles. The van der Waals surface area contributed by atoms with Crippen LogP contribution in [0.1, 0.15) is 31.2 Å². The summed E-state index contributed by atoms with van der Waals surface area (Å²) in [6.07, 6.45) is 10.5. The van der Waals surface area contributed by atoms with Gasteiger partial charge in [0.1, 0.15) is 0 Å². The Kier molecular flexibility index (Phi) is 3.53. The van der Waals surface area contributed by atoms with Crippen LogP contribution in [0.2, 0.25) is 0 Å². The molecule has 1 aromatic heterocycles. The smallest absolute Gasteiger partial charge is 0.0452 e. The van der Waals surface area contributed by atoms with E-state index in [1.807, 2.05) is 6.20 Å². The van der Waals surface area contributed by atoms with E-state index in [0.29, 0.717) is 6.04 Å². The zero-order valence-corrected chi connectivity index (χ0v) is 13.6. The van der Waals surface area contributed by atoms with Crippen LogP contribution in [-0.4, -0.2) is 42.6 Å². The molecule has 1 aromatic carbocycles. The lowest BCUT2D eigenvalue weighted by atomic mass is 9.87. The first-order valence-corrected chi connectivity index (χ1v) is 8.52. The number of nitrogens with zero attached hydrogens (tertiary/aromatic N) is 3. The van der Waals surface area contributed by atoms with Crippen LogP contribution in [0.3, 0.4) is 0 Å². The molecule has 0 unspecified atom stereocenters. The largest absolute Gasteiger partial charge is 0.368 e. The number of hydrogen-bond donors (Lipinski definition) is 0. The second kappa shape index (κ2) is 5.54. The van der Waals surface area contributed by atoms with Gasteiger partial charge in [0.2, 0.25) is 0 Å². The van der Waals surface area contributed by atoms with Gasteiger partial charge in [-0.1, -0.05) is 12.1 Å². The Morgan fingerprint density at radius 2 is 1.91 bits per heavy atom. The molecule has 22 heavy (non-hydrogen) atoms. The average Bonchev–Trinajstić information content (AvgIpc) is 2.56. The van der Waals surface area contributed by atoms with Crippen LogP contribution >= 0.6 is 0 Å². The predicted octanol–water partition coefficient (Wildman–Crippen LogP) is 3.47. The molecule has 0 amide bonds. The van der Waals surface area contributed by atoms with E-state index in [9.17, 15) is 0 Å². The Labute approximate surface area is 132 Å². The van der Waals surface area contributed by atoms with Gasteiger partial charge >= 0.3 is 0 Å². The summed E-state index contributed by atoms with van der Waals surface area (Å²) in [5.74, 6) is 0. The molecule has 0 spiro atoms. The summed E-state index contributed by atoms with van der Waals surface area (Å²) < 4.78 is 0. The summed E-state index contributed by atoms with van der Waals surface area (Å²) in [6, 6.07) is 8.17. The van der Waals surface area contributed by atoms with Gasteiger partial charge in [0.15, 0.2) is 0 Å². The molecule has 1 saturated carbocycles. The fraction of sp³-hybridized carbons (Fsp3) is 0.526. The average molecular weight is 295 g/mol. The van der Waals surface area contributed by atoms with Crippen molar-refractivity contribution in [2.45, 2.75) is 44.2 Å². The van der Waals surface area contributed by atoms with Gasteiger partial charge in [0, 0.05) is 47.5 Å². The summed E-state index contributed by atoms with van der Waals surface area (Å²) in [5.41, 5.74) is 2.86. The van der Waals surface area contributed by atoms with Crippen LogP contribution in [-0.2, 0) is 6.42 Å². The lowest BCUT2D eigenvalue weighted by molar-refractivity contribution is 0.213. The highest BCUT2D eigenvalue weighted by Gasteiger charge is 2.29. The molecule has 0 N–H and O–H groups in total. The Bertz CT molecular complexity index is 666. The van der Waals surface area contributed by atoms with Gasteiger partial charge in [0.05, 0.1) is 0 Å². The van der Waals surface area contributed by atoms with E-state index in [1.165, 1.54) is 47.7 Å². The lowest BCUT2D eigenvalue weighted by Crippen LogP contribution is -2.44. The molecule has 3 nitrogen and oxygen atoms in total. The summed E-state index contributed by atoms with van der Waals surface area (Å²) >= 11 is 0. The second-order valence-corrected chi connectivity index (χ2v) is 7.04. The number of rotatable bonds is 2. The third-order valence-electron chi connectivity index (χ3n) is 5.61. The Balaban J connectivity index is 1.64. The van der Waals surface area contributed by atoms with E-state index >= 15 is 0 Å². The van der Waals surface area contributed by atoms with Crippen molar-refractivity contribution in [3.63, 3.8) is 0 Å². The van der Waals surface area contributed by atoms with Crippen LogP contribution in [0.15, 0.2) is 30.6 Å². The van der Waals surface area contributed by atoms with Crippen molar-refractivity contribution in [1.82, 2.24) is 9.88 Å². The quantitative estimate of drug-likeness (QED) is 0.845. The zero-order valence-electron chi connectivity index (χ0n) is 13.6. The zero-order chi connectivity index (χ0) is 15.1. The minimum atomic E-state index is 0.711. The summed E-state index contributed by atoms with van der Waals surface area (Å²) in [6.45, 7) is 1.15. The van der Waals surface area contributed by atoms with Crippen LogP contribution in [0, 0.1) is 0 Å². The van der Waals surface area contributed by atoms with Gasteiger partial charge < -0.3 is 9.80 Å². The molecule has 0 bridgehead atoms. The van der Waals surface area contributed by atoms with Gasteiger partial charge in [0.25, 0.3) is 0 Å². The van der Waals surface area contributed by atoms with Crippen molar-refractivity contribution >= 4 is 16.5 Å². The minimum Gasteiger partial charge on any atom is -0.368 e. The number of anilines is 1. The van der Waals surface area contributed by atoms with Crippen LogP contribution in [0.5, 0.6) is 0 Å². The molecule has 2 aliphatic rings. The highest BCUT2D eigenvalue weighted by Crippen LogP contribution is 2.37. The Morgan fingerprint density at radius 3 is 2.68 bits per heavy atom. The molecule has 116 valence electrons. The van der Waals surface area contributed by atoms with E-state index in [0.717, 1.165) is 19.0 Å². The summed E-state index contributed by atoms with van der Waals surface area (Å²) in [5, 5.41) is 2.74. The molecular weight excluding hydrogens is 270 g/mol. The van der Waals surface area contributed by atoms with Gasteiger partial charge in [-0.15, -0.1) is 0 Å². The predicted molar refractivity (Wildman–Crippen MR) is 92.5 cm³/mol. The van der Waals surface area contributed by atoms with Gasteiger partial charge in [-0.05, 0) is 57.8 Å². The standard InChI is InChI=1S/C19H25N3/c1-21(2)16-6-8-17(9-7-16)22-11-10-15-13-20-12-14-4-3-5-18(22)19(14)15/h3-5,12-13,16-17H,6-11H2,1-2H3/t16-,17-. The number of hydrogen-bond acceptors (Lipinski definition) is 3. The fourth-order valence-electron chi connectivity index (χ4n) is 4.34. The van der Waals surface area contributed by atoms with Gasteiger partial charge in [-0.3, -0.25) is 4.98 Å². The lowest BCUT2D eigenvalue weighted by Gasteiger charge is -2.42. The monoisotopic (exact) mass is 295 g/mol. The maximum atomic E-state index is 4.40. The van der Waals surface area contributed by atoms with Crippen molar-refractivity contribution in [3.8, 4) is 0 Å². The van der Waals surface area contributed by atoms with Crippen molar-refractivity contribution < 1.29 is 0 Å². The van der Waals surface area contributed by atoms with Crippen molar-refractivity contribution in [2.75, 3.05) is 25.5 Å². The number of aromatic nitrogens is 1. The van der Waals surface area contributed by atoms with E-state index < -0.39 is 0 Å². The highest BCUT2D eigenvalue weighted by atomic mass is 15.2. The van der Waals surface area contributed by atoms with Crippen molar-refractivity contribution in [3.05, 3.63) is 36.2 Å². The first kappa shape index (κ1) is 14.0. The Hall–Kier alpha value is -1.61. The van der Waals surface area contributed by atoms with E-state index in [4.69, 9.17) is 0 Å². The molecule has 4 rings (SSSR count). The third kappa shape index (κ3) is 2.28. The first-order valence-electron chi connectivity index (χ1n) is 8.52. The molecule has 1 aliphatic heterocycles. The normalized spacial score (nSPS) is 25.0. The summed E-state index contributed by atoms with van der Waals surface area (Å²) in [7, 11) is 4.44. The second-order valence-electron chi connectivity index (χ2n) is 7.04. The summed E-state index contributed by atoms with van der Waals surface area (Å²) in [4.78, 5) is 9.48. The molecule has 1 fully saturated rings. The Morgan fingerprint density at radius 1 is 1.09 bits per heavy atom. The molecule has 2 heterocycles. The topological polar surface area (TPSA) is 19.4 Å². The van der Waals surface area contributed by atoms with Crippen molar-refractivity contribution in [2.24, 2.45) is 0 Å². The van der Waals surface area contributed by atoms with E-state index in [1.54, 1.807) is 0 Å². The third-order valence-corrected chi connectivity index (χ3v) is 5.61. The van der Waals surface area contributed by atoms with Crippen LogP contribution < -0.4 is 4.90 Å². The highest BCUT2D eigenvalue weighted by molar-refractivity contribution is 5.97. The van der Waals surface area contributed by atoms with Gasteiger partial charge in [-0.25, -0.2) is 0 Å². The molecule has 0 radical (unpaired) electrons. The number of benzene rings is 1. The van der Waals surface area contributed by atoms with Crippen molar-refractivity contribution in [1.29, 1.82) is 0 Å². The van der Waals surface area contributed by atoms with Gasteiger partial charge in [-0.2, -0.15) is 0 Å². The molecule has 1 aliphatic carbocycles. The minimum absolute atomic E-state index is 0.711. The fourth-order valence-corrected chi connectivity index (χ4v) is 4.34. The number of pyridine rings is 1. The molecule has 3 heteroatoms. The molecule has 0 atom stereocenters. The van der Waals surface area contributed by atoms with Crippen LogP contribution in [0.25, 0.3) is 10.8 Å². The first-order chi connectivity index (χ1) is 10.7. The maximum absolute atomic E-state index is 4.40.